The summed E-state index contributed by atoms with van der Waals surface area (Å²) >= 11 is 0. The largest absolute Gasteiger partial charge is 0.376 e. The van der Waals surface area contributed by atoms with E-state index >= 15 is 0 Å². The van der Waals surface area contributed by atoms with Crippen molar-refractivity contribution in [2.24, 2.45) is 5.92 Å². The molecule has 2 heterocycles. The molecule has 2 aliphatic heterocycles. The molecule has 2 aliphatic rings. The molecule has 4 nitrogen and oxygen atoms in total. The van der Waals surface area contributed by atoms with Gasteiger partial charge in [0.2, 0.25) is 5.91 Å². The second kappa shape index (κ2) is 5.15. The molecule has 0 saturated carbocycles. The third-order valence-corrected chi connectivity index (χ3v) is 3.83. The predicted molar refractivity (Wildman–Crippen MR) is 62.2 cm³/mol. The summed E-state index contributed by atoms with van der Waals surface area (Å²) in [6.07, 6.45) is 3.30. The van der Waals surface area contributed by atoms with Crippen LogP contribution in [0.15, 0.2) is 0 Å². The van der Waals surface area contributed by atoms with Gasteiger partial charge in [0, 0.05) is 20.2 Å². The quantitative estimate of drug-likeness (QED) is 0.750. The average Bonchev–Trinajstić information content (AvgIpc) is 2.75. The number of carbonyl (C=O) groups excluding carboxylic acids is 1. The third kappa shape index (κ3) is 2.38. The molecule has 0 spiro atoms. The van der Waals surface area contributed by atoms with Crippen molar-refractivity contribution in [3.63, 3.8) is 0 Å². The monoisotopic (exact) mass is 226 g/mol. The molecule has 92 valence electrons. The van der Waals surface area contributed by atoms with Gasteiger partial charge in [-0.2, -0.15) is 0 Å². The minimum absolute atomic E-state index is 0.173. The lowest BCUT2D eigenvalue weighted by Crippen LogP contribution is -2.47. The first-order chi connectivity index (χ1) is 7.70. The molecular formula is C12H22N2O2. The van der Waals surface area contributed by atoms with Crippen molar-refractivity contribution < 1.29 is 9.53 Å². The van der Waals surface area contributed by atoms with E-state index in [1.54, 1.807) is 0 Å². The summed E-state index contributed by atoms with van der Waals surface area (Å²) in [4.78, 5) is 14.2. The Morgan fingerprint density at radius 2 is 2.25 bits per heavy atom. The van der Waals surface area contributed by atoms with Gasteiger partial charge in [-0.25, -0.2) is 0 Å². The standard InChI is InChI=1S/C12H22N2O2/c1-9-11(5-7-16-9)14(2)12(15)10-4-3-6-13-8-10/h9-11,13H,3-8H2,1-2H3/t9?,10-,11?/m1/s1. The van der Waals surface area contributed by atoms with Crippen LogP contribution in [0.3, 0.4) is 0 Å². The molecule has 0 aromatic carbocycles. The van der Waals surface area contributed by atoms with Gasteiger partial charge in [0.25, 0.3) is 0 Å². The minimum Gasteiger partial charge on any atom is -0.376 e. The summed E-state index contributed by atoms with van der Waals surface area (Å²) < 4.78 is 5.51. The highest BCUT2D eigenvalue weighted by Gasteiger charge is 2.33. The summed E-state index contributed by atoms with van der Waals surface area (Å²) in [5.41, 5.74) is 0. The summed E-state index contributed by atoms with van der Waals surface area (Å²) in [6.45, 7) is 4.73. The number of ether oxygens (including phenoxy) is 1. The Morgan fingerprint density at radius 3 is 2.81 bits per heavy atom. The molecule has 1 amide bonds. The lowest BCUT2D eigenvalue weighted by Gasteiger charge is -2.32. The number of piperidine rings is 1. The number of nitrogens with zero attached hydrogens (tertiary/aromatic N) is 1. The fourth-order valence-electron chi connectivity index (χ4n) is 2.74. The number of hydrogen-bond donors (Lipinski definition) is 1. The van der Waals surface area contributed by atoms with Gasteiger partial charge in [-0.15, -0.1) is 0 Å². The second-order valence-corrected chi connectivity index (χ2v) is 4.92. The Labute approximate surface area is 97.3 Å². The summed E-state index contributed by atoms with van der Waals surface area (Å²) in [6, 6.07) is 0.273. The van der Waals surface area contributed by atoms with E-state index in [0.717, 1.165) is 39.0 Å². The molecule has 1 N–H and O–H groups in total. The first-order valence-corrected chi connectivity index (χ1v) is 6.29. The number of amides is 1. The van der Waals surface area contributed by atoms with E-state index in [2.05, 4.69) is 12.2 Å². The normalized spacial score (nSPS) is 35.0. The molecule has 2 rings (SSSR count). The van der Waals surface area contributed by atoms with Crippen molar-refractivity contribution in [2.75, 3.05) is 26.7 Å². The number of nitrogens with one attached hydrogen (secondary N) is 1. The van der Waals surface area contributed by atoms with Gasteiger partial charge in [0.05, 0.1) is 18.1 Å². The number of carbonyl (C=O) groups is 1. The maximum atomic E-state index is 12.3. The molecule has 2 unspecified atom stereocenters. The fourth-order valence-corrected chi connectivity index (χ4v) is 2.74. The van der Waals surface area contributed by atoms with E-state index in [4.69, 9.17) is 4.74 Å². The molecule has 0 aromatic heterocycles. The van der Waals surface area contributed by atoms with Gasteiger partial charge in [0.15, 0.2) is 0 Å². The Kier molecular flexibility index (Phi) is 3.82. The Morgan fingerprint density at radius 1 is 1.44 bits per heavy atom. The van der Waals surface area contributed by atoms with Crippen molar-refractivity contribution in [2.45, 2.75) is 38.3 Å². The first kappa shape index (κ1) is 11.9. The molecule has 0 aromatic rings. The van der Waals surface area contributed by atoms with E-state index in [0.29, 0.717) is 0 Å². The second-order valence-electron chi connectivity index (χ2n) is 4.92. The zero-order valence-electron chi connectivity index (χ0n) is 10.2. The van der Waals surface area contributed by atoms with Gasteiger partial charge in [-0.05, 0) is 32.7 Å². The Balaban J connectivity index is 1.92. The maximum absolute atomic E-state index is 12.3. The van der Waals surface area contributed by atoms with Crippen LogP contribution in [0.1, 0.15) is 26.2 Å². The van der Waals surface area contributed by atoms with Crippen LogP contribution in [-0.2, 0) is 9.53 Å². The molecule has 3 atom stereocenters. The molecule has 0 radical (unpaired) electrons. The average molecular weight is 226 g/mol. The molecule has 2 fully saturated rings. The van der Waals surface area contributed by atoms with E-state index in [-0.39, 0.29) is 24.0 Å². The van der Waals surface area contributed by atoms with Crippen LogP contribution in [0.25, 0.3) is 0 Å². The molecule has 4 heteroatoms. The van der Waals surface area contributed by atoms with Crippen LogP contribution in [-0.4, -0.2) is 49.7 Å². The molecule has 16 heavy (non-hydrogen) atoms. The van der Waals surface area contributed by atoms with E-state index in [1.165, 1.54) is 0 Å². The lowest BCUT2D eigenvalue weighted by atomic mass is 9.97. The summed E-state index contributed by atoms with van der Waals surface area (Å²) in [5.74, 6) is 0.459. The van der Waals surface area contributed by atoms with Crippen molar-refractivity contribution >= 4 is 5.91 Å². The SMILES string of the molecule is CC1OCCC1N(C)C(=O)[C@@H]1CCCNC1. The van der Waals surface area contributed by atoms with E-state index in [9.17, 15) is 4.79 Å². The highest BCUT2D eigenvalue weighted by atomic mass is 16.5. The van der Waals surface area contributed by atoms with Crippen LogP contribution in [0.2, 0.25) is 0 Å². The van der Waals surface area contributed by atoms with Gasteiger partial charge in [0.1, 0.15) is 0 Å². The van der Waals surface area contributed by atoms with Crippen LogP contribution in [0, 0.1) is 5.92 Å². The Hall–Kier alpha value is -0.610. The smallest absolute Gasteiger partial charge is 0.227 e. The lowest BCUT2D eigenvalue weighted by molar-refractivity contribution is -0.137. The van der Waals surface area contributed by atoms with Gasteiger partial charge < -0.3 is 15.0 Å². The first-order valence-electron chi connectivity index (χ1n) is 6.29. The third-order valence-electron chi connectivity index (χ3n) is 3.83. The van der Waals surface area contributed by atoms with Gasteiger partial charge in [-0.1, -0.05) is 0 Å². The van der Waals surface area contributed by atoms with Crippen LogP contribution in [0.5, 0.6) is 0 Å². The molecule has 0 bridgehead atoms. The van der Waals surface area contributed by atoms with Crippen molar-refractivity contribution in [3.8, 4) is 0 Å². The van der Waals surface area contributed by atoms with Gasteiger partial charge in [-0.3, -0.25) is 4.79 Å². The fraction of sp³-hybridized carbons (Fsp3) is 0.917. The number of hydrogen-bond acceptors (Lipinski definition) is 3. The molecule has 0 aliphatic carbocycles. The zero-order chi connectivity index (χ0) is 11.5. The highest BCUT2D eigenvalue weighted by molar-refractivity contribution is 5.79. The highest BCUT2D eigenvalue weighted by Crippen LogP contribution is 2.21. The van der Waals surface area contributed by atoms with Crippen molar-refractivity contribution in [1.29, 1.82) is 0 Å². The zero-order valence-corrected chi connectivity index (χ0v) is 10.2. The van der Waals surface area contributed by atoms with Crippen molar-refractivity contribution in [3.05, 3.63) is 0 Å². The van der Waals surface area contributed by atoms with Crippen LogP contribution < -0.4 is 5.32 Å². The topological polar surface area (TPSA) is 41.6 Å². The summed E-state index contributed by atoms with van der Waals surface area (Å²) in [5, 5.41) is 3.29. The van der Waals surface area contributed by atoms with Crippen LogP contribution >= 0.6 is 0 Å². The Bertz CT molecular complexity index is 251. The summed E-state index contributed by atoms with van der Waals surface area (Å²) in [7, 11) is 1.92. The van der Waals surface area contributed by atoms with Gasteiger partial charge >= 0.3 is 0 Å². The molecule has 2 saturated heterocycles. The van der Waals surface area contributed by atoms with Crippen molar-refractivity contribution in [1.82, 2.24) is 10.2 Å². The number of rotatable bonds is 2. The molecular weight excluding hydrogens is 204 g/mol. The van der Waals surface area contributed by atoms with Crippen LogP contribution in [0.4, 0.5) is 0 Å². The maximum Gasteiger partial charge on any atom is 0.227 e. The predicted octanol–water partition coefficient (Wildman–Crippen LogP) is 0.622. The minimum atomic E-state index is 0.173. The van der Waals surface area contributed by atoms with E-state index < -0.39 is 0 Å². The number of likely N-dealkylation sites (N-methyl/N-ethyl adjacent to an activating group) is 1. The van der Waals surface area contributed by atoms with E-state index in [1.807, 2.05) is 11.9 Å².